The summed E-state index contributed by atoms with van der Waals surface area (Å²) in [5, 5.41) is 8.01. The molecule has 1 aliphatic carbocycles. The summed E-state index contributed by atoms with van der Waals surface area (Å²) in [6.07, 6.45) is 5.31. The van der Waals surface area contributed by atoms with Gasteiger partial charge < -0.3 is 15.5 Å². The minimum atomic E-state index is -0.257. The number of hydrogen-bond acceptors (Lipinski definition) is 5. The Morgan fingerprint density at radius 1 is 1.06 bits per heavy atom. The fourth-order valence-electron chi connectivity index (χ4n) is 4.34. The fourth-order valence-corrected chi connectivity index (χ4v) is 5.07. The molecule has 1 aromatic heterocycles. The number of carbonyl (C=O) groups excluding carboxylic acids is 3. The summed E-state index contributed by atoms with van der Waals surface area (Å²) in [7, 11) is 0. The first kappa shape index (κ1) is 25.9. The summed E-state index contributed by atoms with van der Waals surface area (Å²) in [5.41, 5.74) is 1.64. The normalized spacial score (nSPS) is 15.1. The van der Waals surface area contributed by atoms with Gasteiger partial charge in [0.25, 0.3) is 0 Å². The number of thiazole rings is 1. The Morgan fingerprint density at radius 3 is 2.44 bits per heavy atom. The number of carbonyl (C=O) groups is 3. The number of hydrogen-bond donors (Lipinski definition) is 2. The van der Waals surface area contributed by atoms with E-state index >= 15 is 0 Å². The van der Waals surface area contributed by atoms with Crippen molar-refractivity contribution in [2.75, 3.05) is 18.4 Å². The van der Waals surface area contributed by atoms with Gasteiger partial charge in [-0.05, 0) is 31.2 Å². The predicted octanol–water partition coefficient (Wildman–Crippen LogP) is 4.57. The Labute approximate surface area is 206 Å². The van der Waals surface area contributed by atoms with Crippen molar-refractivity contribution in [3.63, 3.8) is 0 Å². The van der Waals surface area contributed by atoms with Crippen molar-refractivity contribution < 1.29 is 14.4 Å². The topological polar surface area (TPSA) is 91.4 Å². The third-order valence-electron chi connectivity index (χ3n) is 6.00. The number of nitrogens with zero attached hydrogens (tertiary/aromatic N) is 2. The van der Waals surface area contributed by atoms with Crippen molar-refractivity contribution >= 4 is 34.2 Å². The van der Waals surface area contributed by atoms with Crippen molar-refractivity contribution in [3.8, 4) is 0 Å². The van der Waals surface area contributed by atoms with Gasteiger partial charge in [-0.25, -0.2) is 4.98 Å². The molecule has 0 aliphatic heterocycles. The van der Waals surface area contributed by atoms with Crippen molar-refractivity contribution in [2.24, 2.45) is 11.8 Å². The van der Waals surface area contributed by atoms with Crippen LogP contribution >= 0.6 is 11.3 Å². The zero-order valence-electron chi connectivity index (χ0n) is 20.4. The van der Waals surface area contributed by atoms with E-state index in [0.717, 1.165) is 31.2 Å². The smallest absolute Gasteiger partial charge is 0.245 e. The molecule has 1 unspecified atom stereocenters. The summed E-state index contributed by atoms with van der Waals surface area (Å²) >= 11 is 1.29. The second kappa shape index (κ2) is 12.6. The molecule has 0 bridgehead atoms. The number of amides is 3. The van der Waals surface area contributed by atoms with Gasteiger partial charge in [-0.2, -0.15) is 0 Å². The number of nitrogens with one attached hydrogen (secondary N) is 2. The first-order chi connectivity index (χ1) is 16.3. The van der Waals surface area contributed by atoms with Crippen LogP contribution in [-0.4, -0.2) is 40.7 Å². The van der Waals surface area contributed by atoms with Gasteiger partial charge in [0.2, 0.25) is 17.7 Å². The third kappa shape index (κ3) is 7.94. The maximum Gasteiger partial charge on any atom is 0.245 e. The fraction of sp³-hybridized carbons (Fsp3) is 0.538. The number of anilines is 1. The van der Waals surface area contributed by atoms with Gasteiger partial charge in [0.15, 0.2) is 5.13 Å². The highest BCUT2D eigenvalue weighted by Crippen LogP contribution is 2.26. The lowest BCUT2D eigenvalue weighted by Gasteiger charge is -2.30. The molecule has 1 atom stereocenters. The third-order valence-corrected chi connectivity index (χ3v) is 6.81. The van der Waals surface area contributed by atoms with Gasteiger partial charge in [-0.1, -0.05) is 63.4 Å². The zero-order valence-corrected chi connectivity index (χ0v) is 21.2. The van der Waals surface area contributed by atoms with Gasteiger partial charge in [0.05, 0.1) is 24.7 Å². The molecule has 2 aromatic rings. The van der Waals surface area contributed by atoms with Crippen LogP contribution in [0, 0.1) is 11.8 Å². The highest BCUT2D eigenvalue weighted by Gasteiger charge is 2.28. The molecular formula is C26H36N4O3S. The molecule has 8 heteroatoms. The van der Waals surface area contributed by atoms with E-state index in [-0.39, 0.29) is 48.6 Å². The van der Waals surface area contributed by atoms with Crippen LogP contribution in [0.5, 0.6) is 0 Å². The van der Waals surface area contributed by atoms with Crippen LogP contribution < -0.4 is 10.6 Å². The molecule has 1 aromatic carbocycles. The van der Waals surface area contributed by atoms with E-state index in [1.807, 2.05) is 37.3 Å². The van der Waals surface area contributed by atoms with Crippen molar-refractivity contribution in [2.45, 2.75) is 65.3 Å². The number of aromatic nitrogens is 1. The highest BCUT2D eigenvalue weighted by atomic mass is 32.1. The minimum absolute atomic E-state index is 0.0253. The second-order valence-corrected chi connectivity index (χ2v) is 10.4. The summed E-state index contributed by atoms with van der Waals surface area (Å²) in [4.78, 5) is 44.2. The van der Waals surface area contributed by atoms with Gasteiger partial charge in [0.1, 0.15) is 0 Å². The van der Waals surface area contributed by atoms with Gasteiger partial charge in [-0.3, -0.25) is 14.4 Å². The van der Waals surface area contributed by atoms with Gasteiger partial charge >= 0.3 is 0 Å². The van der Waals surface area contributed by atoms with Gasteiger partial charge in [-0.15, -0.1) is 11.3 Å². The average Bonchev–Trinajstić information content (AvgIpc) is 3.25. The molecule has 1 saturated carbocycles. The van der Waals surface area contributed by atoms with Crippen molar-refractivity contribution in [1.29, 1.82) is 0 Å². The standard InChI is InChI=1S/C26H36N4O3S/c1-18(2)15-30(25(33)21-12-8-5-9-13-21)16-24(32)29-26-28-22(17-34-26)14-23(31)27-19(3)20-10-6-4-7-11-20/h4,6-7,10-11,17-19,21H,5,8-9,12-16H2,1-3H3,(H,27,31)(H,28,29,32). The highest BCUT2D eigenvalue weighted by molar-refractivity contribution is 7.13. The predicted molar refractivity (Wildman–Crippen MR) is 135 cm³/mol. The Morgan fingerprint density at radius 2 is 1.76 bits per heavy atom. The molecule has 1 fully saturated rings. The molecule has 0 radical (unpaired) electrons. The molecule has 0 saturated heterocycles. The quantitative estimate of drug-likeness (QED) is 0.517. The average molecular weight is 485 g/mol. The molecule has 3 amide bonds. The van der Waals surface area contributed by atoms with Gasteiger partial charge in [0, 0.05) is 17.8 Å². The molecule has 7 nitrogen and oxygen atoms in total. The van der Waals surface area contributed by atoms with Crippen LogP contribution in [0.4, 0.5) is 5.13 Å². The lowest BCUT2D eigenvalue weighted by molar-refractivity contribution is -0.139. The zero-order chi connectivity index (χ0) is 24.5. The Balaban J connectivity index is 1.51. The molecular weight excluding hydrogens is 448 g/mol. The van der Waals surface area contributed by atoms with Crippen molar-refractivity contribution in [3.05, 3.63) is 47.0 Å². The van der Waals surface area contributed by atoms with E-state index in [4.69, 9.17) is 0 Å². The second-order valence-electron chi connectivity index (χ2n) is 9.52. The summed E-state index contributed by atoms with van der Waals surface area (Å²) < 4.78 is 0. The molecule has 0 spiro atoms. The monoisotopic (exact) mass is 484 g/mol. The number of rotatable bonds is 10. The molecule has 1 aliphatic rings. The Hall–Kier alpha value is -2.74. The SMILES string of the molecule is CC(C)CN(CC(=O)Nc1nc(CC(=O)NC(C)c2ccccc2)cs1)C(=O)C1CCCCC1. The maximum atomic E-state index is 13.0. The lowest BCUT2D eigenvalue weighted by Crippen LogP contribution is -2.43. The van der Waals surface area contributed by atoms with Crippen molar-refractivity contribution in [1.82, 2.24) is 15.2 Å². The van der Waals surface area contributed by atoms with E-state index < -0.39 is 0 Å². The first-order valence-corrected chi connectivity index (χ1v) is 13.1. The van der Waals surface area contributed by atoms with Crippen LogP contribution in [0.2, 0.25) is 0 Å². The molecule has 3 rings (SSSR count). The van der Waals surface area contributed by atoms with Crippen LogP contribution in [0.25, 0.3) is 0 Å². The largest absolute Gasteiger partial charge is 0.349 e. The van der Waals surface area contributed by atoms with Crippen LogP contribution in [0.3, 0.4) is 0 Å². The minimum Gasteiger partial charge on any atom is -0.349 e. The summed E-state index contributed by atoms with van der Waals surface area (Å²) in [6.45, 7) is 6.63. The molecule has 2 N–H and O–H groups in total. The molecule has 1 heterocycles. The maximum absolute atomic E-state index is 13.0. The van der Waals surface area contributed by atoms with Crippen LogP contribution in [-0.2, 0) is 20.8 Å². The summed E-state index contributed by atoms with van der Waals surface area (Å²) in [5.74, 6) is 0.0216. The number of benzene rings is 1. The van der Waals surface area contributed by atoms with E-state index in [1.165, 1.54) is 17.8 Å². The van der Waals surface area contributed by atoms with E-state index in [9.17, 15) is 14.4 Å². The van der Waals surface area contributed by atoms with E-state index in [1.54, 1.807) is 10.3 Å². The Bertz CT molecular complexity index is 954. The van der Waals surface area contributed by atoms with E-state index in [2.05, 4.69) is 29.5 Å². The van der Waals surface area contributed by atoms with Crippen LogP contribution in [0.15, 0.2) is 35.7 Å². The summed E-state index contributed by atoms with van der Waals surface area (Å²) in [6, 6.07) is 9.68. The molecule has 34 heavy (non-hydrogen) atoms. The van der Waals surface area contributed by atoms with Crippen LogP contribution in [0.1, 0.15) is 70.2 Å². The molecule has 184 valence electrons. The first-order valence-electron chi connectivity index (χ1n) is 12.2. The lowest BCUT2D eigenvalue weighted by atomic mass is 9.88. The van der Waals surface area contributed by atoms with E-state index in [0.29, 0.717) is 17.4 Å². The Kier molecular flexibility index (Phi) is 9.62.